The van der Waals surface area contributed by atoms with E-state index < -0.39 is 0 Å². The summed E-state index contributed by atoms with van der Waals surface area (Å²) in [7, 11) is 0. The van der Waals surface area contributed by atoms with E-state index in [1.807, 2.05) is 29.2 Å². The minimum absolute atomic E-state index is 0.0205. The number of hydrogen-bond donors (Lipinski definition) is 1. The summed E-state index contributed by atoms with van der Waals surface area (Å²) in [4.78, 5) is 16.5. The monoisotopic (exact) mass is 361 g/mol. The Balaban J connectivity index is 1.58. The van der Waals surface area contributed by atoms with E-state index in [4.69, 9.17) is 17.3 Å². The van der Waals surface area contributed by atoms with Crippen molar-refractivity contribution in [3.63, 3.8) is 0 Å². The minimum Gasteiger partial charge on any atom is -0.336 e. The third-order valence-corrected chi connectivity index (χ3v) is 4.89. The van der Waals surface area contributed by atoms with E-state index >= 15 is 0 Å². The molecule has 6 heteroatoms. The molecule has 0 saturated carbocycles. The second-order valence-electron chi connectivity index (χ2n) is 6.17. The molecule has 1 fully saturated rings. The lowest BCUT2D eigenvalue weighted by atomic mass is 10.1. The van der Waals surface area contributed by atoms with Gasteiger partial charge in [0, 0.05) is 55.4 Å². The number of nitrogens with two attached hydrogens (primary N) is 1. The van der Waals surface area contributed by atoms with Crippen LogP contribution in [0.5, 0.6) is 0 Å². The fourth-order valence-corrected chi connectivity index (χ4v) is 3.20. The topological polar surface area (TPSA) is 49.6 Å². The zero-order chi connectivity index (χ0) is 17.8. The average molecular weight is 362 g/mol. The number of halogens is 2. The van der Waals surface area contributed by atoms with Crippen LogP contribution in [0.15, 0.2) is 42.5 Å². The van der Waals surface area contributed by atoms with Crippen LogP contribution in [0, 0.1) is 5.82 Å². The Bertz CT molecular complexity index is 723. The van der Waals surface area contributed by atoms with Crippen molar-refractivity contribution in [2.45, 2.75) is 13.1 Å². The molecule has 0 unspecified atom stereocenters. The Kier molecular flexibility index (Phi) is 5.68. The Morgan fingerprint density at radius 3 is 2.36 bits per heavy atom. The van der Waals surface area contributed by atoms with Gasteiger partial charge in [-0.05, 0) is 29.8 Å². The van der Waals surface area contributed by atoms with Crippen LogP contribution in [0.25, 0.3) is 0 Å². The summed E-state index contributed by atoms with van der Waals surface area (Å²) in [5.74, 6) is -0.266. The average Bonchev–Trinajstić information content (AvgIpc) is 2.65. The highest BCUT2D eigenvalue weighted by Crippen LogP contribution is 2.21. The molecule has 1 aliphatic heterocycles. The van der Waals surface area contributed by atoms with Gasteiger partial charge < -0.3 is 10.6 Å². The summed E-state index contributed by atoms with van der Waals surface area (Å²) in [6.07, 6.45) is 0. The molecule has 4 nitrogen and oxygen atoms in total. The van der Waals surface area contributed by atoms with Crippen LogP contribution < -0.4 is 5.73 Å². The van der Waals surface area contributed by atoms with Crippen LogP contribution in [0.1, 0.15) is 21.5 Å². The Morgan fingerprint density at radius 2 is 1.76 bits per heavy atom. The van der Waals surface area contributed by atoms with Gasteiger partial charge in [0.2, 0.25) is 0 Å². The summed E-state index contributed by atoms with van der Waals surface area (Å²) in [6, 6.07) is 12.1. The summed E-state index contributed by atoms with van der Waals surface area (Å²) < 4.78 is 13.9. The molecule has 25 heavy (non-hydrogen) atoms. The summed E-state index contributed by atoms with van der Waals surface area (Å²) >= 11 is 6.09. The number of carbonyl (C=O) groups excluding carboxylic acids is 1. The molecule has 1 amide bonds. The van der Waals surface area contributed by atoms with E-state index in [2.05, 4.69) is 4.90 Å². The predicted octanol–water partition coefficient (Wildman–Crippen LogP) is 2.90. The highest BCUT2D eigenvalue weighted by atomic mass is 35.5. The molecule has 2 aromatic rings. The largest absolute Gasteiger partial charge is 0.336 e. The molecule has 132 valence electrons. The number of piperazine rings is 1. The second-order valence-corrected chi connectivity index (χ2v) is 6.58. The van der Waals surface area contributed by atoms with Gasteiger partial charge in [0.25, 0.3) is 5.91 Å². The van der Waals surface area contributed by atoms with Crippen molar-refractivity contribution in [3.8, 4) is 0 Å². The normalized spacial score (nSPS) is 15.4. The molecule has 1 heterocycles. The molecular weight excluding hydrogens is 341 g/mol. The standard InChI is InChI=1S/C19H21ClFN3O/c20-17-2-1-3-18(21)16(17)13-23-8-10-24(11-9-23)19(25)15-6-4-14(12-22)5-7-15/h1-7H,8-13,22H2. The number of carbonyl (C=O) groups is 1. The number of hydrogen-bond acceptors (Lipinski definition) is 3. The first-order valence-corrected chi connectivity index (χ1v) is 8.70. The molecule has 2 N–H and O–H groups in total. The molecule has 0 aromatic heterocycles. The number of amides is 1. The predicted molar refractivity (Wildman–Crippen MR) is 96.9 cm³/mol. The SMILES string of the molecule is NCc1ccc(C(=O)N2CCN(Cc3c(F)cccc3Cl)CC2)cc1. The van der Waals surface area contributed by atoms with Gasteiger partial charge in [-0.25, -0.2) is 4.39 Å². The first-order chi connectivity index (χ1) is 12.1. The number of benzene rings is 2. The van der Waals surface area contributed by atoms with Gasteiger partial charge >= 0.3 is 0 Å². The van der Waals surface area contributed by atoms with Crippen molar-refractivity contribution < 1.29 is 9.18 Å². The Labute approximate surface area is 152 Å². The molecular formula is C19H21ClFN3O. The van der Waals surface area contributed by atoms with Gasteiger partial charge in [-0.15, -0.1) is 0 Å². The molecule has 0 radical (unpaired) electrons. The van der Waals surface area contributed by atoms with Crippen molar-refractivity contribution in [3.05, 3.63) is 70.0 Å². The molecule has 0 bridgehead atoms. The zero-order valence-electron chi connectivity index (χ0n) is 13.9. The second kappa shape index (κ2) is 7.95. The Hall–Kier alpha value is -1.95. The van der Waals surface area contributed by atoms with Gasteiger partial charge in [-0.1, -0.05) is 29.8 Å². The van der Waals surface area contributed by atoms with Gasteiger partial charge in [-0.3, -0.25) is 9.69 Å². The molecule has 0 atom stereocenters. The number of nitrogens with zero attached hydrogens (tertiary/aromatic N) is 2. The first kappa shape index (κ1) is 17.9. The first-order valence-electron chi connectivity index (χ1n) is 8.32. The number of rotatable bonds is 4. The van der Waals surface area contributed by atoms with Gasteiger partial charge in [-0.2, -0.15) is 0 Å². The van der Waals surface area contributed by atoms with Crippen LogP contribution in [0.3, 0.4) is 0 Å². The molecule has 0 spiro atoms. The lowest BCUT2D eigenvalue weighted by molar-refractivity contribution is 0.0627. The maximum absolute atomic E-state index is 13.9. The Morgan fingerprint density at radius 1 is 1.08 bits per heavy atom. The van der Waals surface area contributed by atoms with Crippen LogP contribution in [-0.2, 0) is 13.1 Å². The van der Waals surface area contributed by atoms with E-state index in [0.29, 0.717) is 55.4 Å². The highest BCUT2D eigenvalue weighted by Gasteiger charge is 2.23. The third kappa shape index (κ3) is 4.18. The lowest BCUT2D eigenvalue weighted by Crippen LogP contribution is -2.48. The van der Waals surface area contributed by atoms with Gasteiger partial charge in [0.15, 0.2) is 0 Å². The van der Waals surface area contributed by atoms with Crippen LogP contribution in [0.2, 0.25) is 5.02 Å². The molecule has 1 saturated heterocycles. The summed E-state index contributed by atoms with van der Waals surface area (Å²) in [5, 5.41) is 0.443. The van der Waals surface area contributed by atoms with Crippen molar-refractivity contribution in [1.82, 2.24) is 9.80 Å². The van der Waals surface area contributed by atoms with Crippen molar-refractivity contribution in [1.29, 1.82) is 0 Å². The molecule has 0 aliphatic carbocycles. The fourth-order valence-electron chi connectivity index (χ4n) is 2.98. The van der Waals surface area contributed by atoms with Gasteiger partial charge in [0.1, 0.15) is 5.82 Å². The summed E-state index contributed by atoms with van der Waals surface area (Å²) in [6.45, 7) is 3.53. The van der Waals surface area contributed by atoms with E-state index in [9.17, 15) is 9.18 Å². The highest BCUT2D eigenvalue weighted by molar-refractivity contribution is 6.31. The van der Waals surface area contributed by atoms with Crippen LogP contribution in [-0.4, -0.2) is 41.9 Å². The summed E-state index contributed by atoms with van der Waals surface area (Å²) in [5.41, 5.74) is 7.77. The fraction of sp³-hybridized carbons (Fsp3) is 0.316. The lowest BCUT2D eigenvalue weighted by Gasteiger charge is -2.35. The van der Waals surface area contributed by atoms with Crippen molar-refractivity contribution in [2.24, 2.45) is 5.73 Å². The van der Waals surface area contributed by atoms with Gasteiger partial charge in [0.05, 0.1) is 0 Å². The molecule has 1 aliphatic rings. The van der Waals surface area contributed by atoms with Crippen LogP contribution in [0.4, 0.5) is 4.39 Å². The van der Waals surface area contributed by atoms with E-state index in [0.717, 1.165) is 5.56 Å². The molecule has 2 aromatic carbocycles. The van der Waals surface area contributed by atoms with Crippen molar-refractivity contribution in [2.75, 3.05) is 26.2 Å². The van der Waals surface area contributed by atoms with Crippen molar-refractivity contribution >= 4 is 17.5 Å². The minimum atomic E-state index is -0.286. The zero-order valence-corrected chi connectivity index (χ0v) is 14.7. The van der Waals surface area contributed by atoms with E-state index in [1.54, 1.807) is 12.1 Å². The van der Waals surface area contributed by atoms with E-state index in [-0.39, 0.29) is 11.7 Å². The smallest absolute Gasteiger partial charge is 0.253 e. The third-order valence-electron chi connectivity index (χ3n) is 4.54. The van der Waals surface area contributed by atoms with Crippen LogP contribution >= 0.6 is 11.6 Å². The maximum atomic E-state index is 13.9. The maximum Gasteiger partial charge on any atom is 0.253 e. The molecule has 3 rings (SSSR count). The quantitative estimate of drug-likeness (QED) is 0.911. The van der Waals surface area contributed by atoms with E-state index in [1.165, 1.54) is 6.07 Å².